The molecule has 1 saturated heterocycles. The van der Waals surface area contributed by atoms with Crippen LogP contribution in [0.25, 0.3) is 0 Å². The highest BCUT2D eigenvalue weighted by molar-refractivity contribution is 9.10. The third-order valence-corrected chi connectivity index (χ3v) is 5.84. The molecule has 0 spiro atoms. The van der Waals surface area contributed by atoms with Crippen molar-refractivity contribution in [3.05, 3.63) is 94.5 Å². The van der Waals surface area contributed by atoms with Crippen molar-refractivity contribution in [3.63, 3.8) is 0 Å². The SMILES string of the molecule is O=C(Cc1ccccc1)Nc1ccc(C(=O)N/N=C\[C@@H]2C(=O)NC(=O)N(c3ccc(Br)cc3)C2=O)cc1. The van der Waals surface area contributed by atoms with Crippen LogP contribution in [0.3, 0.4) is 0 Å². The van der Waals surface area contributed by atoms with Crippen LogP contribution in [0.2, 0.25) is 0 Å². The highest BCUT2D eigenvalue weighted by Gasteiger charge is 2.40. The predicted molar refractivity (Wildman–Crippen MR) is 140 cm³/mol. The first-order valence-electron chi connectivity index (χ1n) is 11.0. The molecule has 0 saturated carbocycles. The molecule has 3 N–H and O–H groups in total. The summed E-state index contributed by atoms with van der Waals surface area (Å²) in [6, 6.07) is 20.9. The fraction of sp³-hybridized carbons (Fsp3) is 0.0769. The number of nitrogens with one attached hydrogen (secondary N) is 3. The van der Waals surface area contributed by atoms with E-state index in [1.165, 1.54) is 12.1 Å². The van der Waals surface area contributed by atoms with Gasteiger partial charge in [-0.25, -0.2) is 15.1 Å². The molecule has 1 fully saturated rings. The molecule has 0 unspecified atom stereocenters. The Balaban J connectivity index is 1.35. The van der Waals surface area contributed by atoms with E-state index in [1.807, 2.05) is 30.3 Å². The fourth-order valence-electron chi connectivity index (χ4n) is 3.48. The third kappa shape index (κ3) is 6.33. The largest absolute Gasteiger partial charge is 0.335 e. The van der Waals surface area contributed by atoms with E-state index in [9.17, 15) is 24.0 Å². The smallest absolute Gasteiger partial charge is 0.326 e. The number of rotatable bonds is 7. The van der Waals surface area contributed by atoms with Gasteiger partial charge in [-0.3, -0.25) is 24.5 Å². The highest BCUT2D eigenvalue weighted by atomic mass is 79.9. The molecule has 1 aliphatic heterocycles. The van der Waals surface area contributed by atoms with Crippen LogP contribution < -0.4 is 21.0 Å². The summed E-state index contributed by atoms with van der Waals surface area (Å²) in [7, 11) is 0. The second kappa shape index (κ2) is 11.4. The minimum absolute atomic E-state index is 0.195. The van der Waals surface area contributed by atoms with E-state index in [0.717, 1.165) is 21.2 Å². The number of urea groups is 1. The quantitative estimate of drug-likeness (QED) is 0.231. The fourth-order valence-corrected chi connectivity index (χ4v) is 3.75. The van der Waals surface area contributed by atoms with Crippen LogP contribution in [0.5, 0.6) is 0 Å². The van der Waals surface area contributed by atoms with Gasteiger partial charge in [0.2, 0.25) is 11.8 Å². The normalized spacial score (nSPS) is 15.4. The monoisotopic (exact) mass is 561 g/mol. The third-order valence-electron chi connectivity index (χ3n) is 5.32. The van der Waals surface area contributed by atoms with Gasteiger partial charge in [-0.2, -0.15) is 5.10 Å². The van der Waals surface area contributed by atoms with Gasteiger partial charge in [0.05, 0.1) is 12.1 Å². The van der Waals surface area contributed by atoms with Crippen LogP contribution in [0.1, 0.15) is 15.9 Å². The van der Waals surface area contributed by atoms with E-state index in [-0.39, 0.29) is 23.6 Å². The van der Waals surface area contributed by atoms with E-state index < -0.39 is 29.7 Å². The Kier molecular flexibility index (Phi) is 7.84. The van der Waals surface area contributed by atoms with E-state index in [2.05, 4.69) is 37.1 Å². The first kappa shape index (κ1) is 25.5. The van der Waals surface area contributed by atoms with Crippen molar-refractivity contribution in [2.45, 2.75) is 6.42 Å². The lowest BCUT2D eigenvalue weighted by Crippen LogP contribution is -2.58. The molecule has 6 amide bonds. The summed E-state index contributed by atoms with van der Waals surface area (Å²) < 4.78 is 0.751. The number of benzene rings is 3. The van der Waals surface area contributed by atoms with Gasteiger partial charge in [-0.15, -0.1) is 0 Å². The molecule has 3 aromatic carbocycles. The van der Waals surface area contributed by atoms with Gasteiger partial charge < -0.3 is 5.32 Å². The molecule has 0 radical (unpaired) electrons. The summed E-state index contributed by atoms with van der Waals surface area (Å²) in [6.45, 7) is 0. The maximum atomic E-state index is 12.8. The first-order chi connectivity index (χ1) is 17.8. The predicted octanol–water partition coefficient (Wildman–Crippen LogP) is 3.25. The molecule has 37 heavy (non-hydrogen) atoms. The summed E-state index contributed by atoms with van der Waals surface area (Å²) in [5, 5.41) is 8.60. The zero-order chi connectivity index (χ0) is 26.4. The number of amides is 6. The second-order valence-corrected chi connectivity index (χ2v) is 8.84. The van der Waals surface area contributed by atoms with Crippen molar-refractivity contribution in [2.24, 2.45) is 11.0 Å². The van der Waals surface area contributed by atoms with Gasteiger partial charge in [0, 0.05) is 21.9 Å². The lowest BCUT2D eigenvalue weighted by Gasteiger charge is -2.28. The number of imide groups is 2. The molecular formula is C26H20BrN5O5. The molecule has 1 atom stereocenters. The highest BCUT2D eigenvalue weighted by Crippen LogP contribution is 2.22. The number of carbonyl (C=O) groups is 5. The molecule has 11 heteroatoms. The van der Waals surface area contributed by atoms with Crippen LogP contribution in [0.15, 0.2) is 88.4 Å². The Hall–Kier alpha value is -4.64. The van der Waals surface area contributed by atoms with Gasteiger partial charge in [0.1, 0.15) is 0 Å². The summed E-state index contributed by atoms with van der Waals surface area (Å²) in [6.07, 6.45) is 1.18. The molecule has 0 aliphatic carbocycles. The van der Waals surface area contributed by atoms with Gasteiger partial charge in [-0.1, -0.05) is 46.3 Å². The average Bonchev–Trinajstić information content (AvgIpc) is 2.88. The summed E-state index contributed by atoms with van der Waals surface area (Å²) in [5.74, 6) is -3.85. The number of hydrogen-bond acceptors (Lipinski definition) is 6. The molecule has 1 aliphatic rings. The van der Waals surface area contributed by atoms with Gasteiger partial charge in [0.25, 0.3) is 11.8 Å². The summed E-state index contributed by atoms with van der Waals surface area (Å²) >= 11 is 3.28. The number of barbiturate groups is 1. The van der Waals surface area contributed by atoms with Crippen molar-refractivity contribution >= 4 is 63.2 Å². The van der Waals surface area contributed by atoms with Gasteiger partial charge >= 0.3 is 6.03 Å². The Bertz CT molecular complexity index is 1370. The lowest BCUT2D eigenvalue weighted by molar-refractivity contribution is -0.131. The number of anilines is 2. The van der Waals surface area contributed by atoms with Crippen LogP contribution in [0.4, 0.5) is 16.2 Å². The summed E-state index contributed by atoms with van der Waals surface area (Å²) in [5.41, 5.74) is 4.16. The maximum absolute atomic E-state index is 12.8. The topological polar surface area (TPSA) is 137 Å². The van der Waals surface area contributed by atoms with Crippen LogP contribution in [0, 0.1) is 5.92 Å². The first-order valence-corrected chi connectivity index (χ1v) is 11.8. The van der Waals surface area contributed by atoms with Gasteiger partial charge in [-0.05, 0) is 54.1 Å². The number of carbonyl (C=O) groups excluding carboxylic acids is 5. The Morgan fingerprint density at radius 1 is 0.946 bits per heavy atom. The molecule has 3 aromatic rings. The Labute approximate surface area is 219 Å². The van der Waals surface area contributed by atoms with Crippen molar-refractivity contribution in [3.8, 4) is 0 Å². The Morgan fingerprint density at radius 2 is 1.62 bits per heavy atom. The summed E-state index contributed by atoms with van der Waals surface area (Å²) in [4.78, 5) is 62.7. The molecule has 0 bridgehead atoms. The molecule has 186 valence electrons. The van der Waals surface area contributed by atoms with Crippen LogP contribution in [-0.4, -0.2) is 35.9 Å². The molecular weight excluding hydrogens is 542 g/mol. The van der Waals surface area contributed by atoms with Crippen molar-refractivity contribution in [2.75, 3.05) is 10.2 Å². The molecule has 10 nitrogen and oxygen atoms in total. The standard InChI is InChI=1S/C26H20BrN5O5/c27-18-8-12-20(13-9-18)32-25(36)21(24(35)30-26(32)37)15-28-31-23(34)17-6-10-19(11-7-17)29-22(33)14-16-4-2-1-3-5-16/h1-13,15,21H,14H2,(H,29,33)(H,31,34)(H,30,35,37)/b28-15-/t21-/m1/s1. The molecule has 4 rings (SSSR count). The van der Waals surface area contributed by atoms with E-state index in [0.29, 0.717) is 5.69 Å². The van der Waals surface area contributed by atoms with Gasteiger partial charge in [0.15, 0.2) is 5.92 Å². The average molecular weight is 562 g/mol. The second-order valence-electron chi connectivity index (χ2n) is 7.93. The number of halogens is 1. The lowest BCUT2D eigenvalue weighted by atomic mass is 10.1. The van der Waals surface area contributed by atoms with E-state index in [4.69, 9.17) is 0 Å². The van der Waals surface area contributed by atoms with Crippen molar-refractivity contribution in [1.82, 2.24) is 10.7 Å². The molecule has 0 aromatic heterocycles. The van der Waals surface area contributed by atoms with E-state index in [1.54, 1.807) is 36.4 Å². The zero-order valence-corrected chi connectivity index (χ0v) is 20.8. The maximum Gasteiger partial charge on any atom is 0.335 e. The number of hydrogen-bond donors (Lipinski definition) is 3. The van der Waals surface area contributed by atoms with E-state index >= 15 is 0 Å². The van der Waals surface area contributed by atoms with Crippen LogP contribution >= 0.6 is 15.9 Å². The number of nitrogens with zero attached hydrogens (tertiary/aromatic N) is 2. The van der Waals surface area contributed by atoms with Crippen molar-refractivity contribution in [1.29, 1.82) is 0 Å². The Morgan fingerprint density at radius 3 is 2.30 bits per heavy atom. The zero-order valence-electron chi connectivity index (χ0n) is 19.2. The van der Waals surface area contributed by atoms with Crippen molar-refractivity contribution < 1.29 is 24.0 Å². The van der Waals surface area contributed by atoms with Crippen LogP contribution in [-0.2, 0) is 20.8 Å². The molecule has 1 heterocycles. The minimum atomic E-state index is -1.41. The minimum Gasteiger partial charge on any atom is -0.326 e. The number of hydrazone groups is 1.